The number of nitrogens with zero attached hydrogens (tertiary/aromatic N) is 15. The summed E-state index contributed by atoms with van der Waals surface area (Å²) in [7, 11) is 0. The Morgan fingerprint density at radius 1 is 0.426 bits per heavy atom. The van der Waals surface area contributed by atoms with Gasteiger partial charge in [-0.1, -0.05) is 65.7 Å². The molecule has 0 aromatic carbocycles. The number of nitrogens with two attached hydrogens (primary N) is 5. The summed E-state index contributed by atoms with van der Waals surface area (Å²) in [6.45, 7) is 1.87. The molecule has 5 aliphatic rings. The van der Waals surface area contributed by atoms with E-state index in [1.54, 1.807) is 84.2 Å². The third kappa shape index (κ3) is 15.2. The topological polar surface area (TPSA) is 488 Å². The zero-order chi connectivity index (χ0) is 77.8. The van der Waals surface area contributed by atoms with Crippen molar-refractivity contribution in [1.29, 1.82) is 0 Å². The van der Waals surface area contributed by atoms with Crippen molar-refractivity contribution in [3.05, 3.63) is 87.7 Å². The standard InChI is InChI=1S/C14H15ClN4O2.C14H13ClN4O2.3C13H13ClN4O3.3CH4/c2*1-3-14(4-2)9(20)7-10(21-14)19-6-5-8-11(16)17-13(15)18-12(8)19;3*1-2-13(6-19)8(20)5-9(21-13)18-4-3-7-10(15)16-12(14)17-11(7)18;;;/h1,5-6,9-10,20H,4,7H2,2H3,(H2,16,17,18);1,5-6,10H,4,7H2,2H3,(H2,16,17,18);3*1,3-4,8-9,19-20H,5-6H2,(H2,15,16,17);3*1H4/t9-,10+,14+;10-,14-;2*8-,9+,13+;8-,9-,13-;;;/m01001.../s1/i;;8D;;8D;;;. The van der Waals surface area contributed by atoms with Crippen molar-refractivity contribution in [1.82, 2.24) is 72.7 Å². The Hall–Kier alpha value is -9.46. The predicted octanol–water partition coefficient (Wildman–Crippen LogP) is 6.51. The number of carbonyl (C=O) groups excluding carboxylic acids is 1. The summed E-state index contributed by atoms with van der Waals surface area (Å²) < 4.78 is 52.8. The largest absolute Gasteiger partial charge is 0.392 e. The number of ketones is 1. The van der Waals surface area contributed by atoms with Gasteiger partial charge in [0.2, 0.25) is 26.4 Å². The summed E-state index contributed by atoms with van der Waals surface area (Å²) >= 11 is 29.1. The molecule has 15 rings (SSSR count). The first-order valence-corrected chi connectivity index (χ1v) is 33.5. The first kappa shape index (κ1) is 81.1. The van der Waals surface area contributed by atoms with Gasteiger partial charge in [-0.15, -0.1) is 32.1 Å². The van der Waals surface area contributed by atoms with E-state index >= 15 is 0 Å². The minimum Gasteiger partial charge on any atom is -0.392 e. The fourth-order valence-corrected chi connectivity index (χ4v) is 13.4. The van der Waals surface area contributed by atoms with Crippen LogP contribution in [0.3, 0.4) is 0 Å². The van der Waals surface area contributed by atoms with Gasteiger partial charge in [-0.2, -0.15) is 24.9 Å². The highest BCUT2D eigenvalue weighted by molar-refractivity contribution is 6.30. The molecule has 38 heteroatoms. The van der Waals surface area contributed by atoms with Crippen LogP contribution in [0.1, 0.15) is 115 Å². The van der Waals surface area contributed by atoms with Crippen LogP contribution in [0, 0.1) is 61.7 Å². The molecule has 17 N–H and O–H groups in total. The van der Waals surface area contributed by atoms with Gasteiger partial charge in [0.25, 0.3) is 0 Å². The molecule has 5 saturated heterocycles. The molecule has 0 spiro atoms. The van der Waals surface area contributed by atoms with Crippen LogP contribution in [-0.2, 0) is 28.5 Å². The second-order valence-electron chi connectivity index (χ2n) is 24.1. The van der Waals surface area contributed by atoms with E-state index in [9.17, 15) is 40.5 Å². The minimum atomic E-state index is -2.14. The van der Waals surface area contributed by atoms with Gasteiger partial charge in [0.05, 0.1) is 62.0 Å². The van der Waals surface area contributed by atoms with Crippen molar-refractivity contribution in [3.8, 4) is 61.7 Å². The number of anilines is 5. The maximum absolute atomic E-state index is 12.2. The molecule has 5 aliphatic heterocycles. The lowest BCUT2D eigenvalue weighted by Gasteiger charge is -2.24. The molecule has 10 aromatic rings. The quantitative estimate of drug-likeness (QED) is 0.0513. The summed E-state index contributed by atoms with van der Waals surface area (Å²) in [4.78, 5) is 52.2. The van der Waals surface area contributed by atoms with E-state index in [2.05, 4.69) is 79.4 Å². The molecule has 14 atom stereocenters. The number of hydrogen-bond donors (Lipinski definition) is 12. The van der Waals surface area contributed by atoms with Crippen molar-refractivity contribution in [2.75, 3.05) is 48.5 Å². The van der Waals surface area contributed by atoms with Crippen LogP contribution in [-0.4, -0.2) is 186 Å². The lowest BCUT2D eigenvalue weighted by atomic mass is 9.95. The maximum atomic E-state index is 12.2. The van der Waals surface area contributed by atoms with Gasteiger partial charge in [0.15, 0.2) is 33.8 Å². The zero-order valence-corrected chi connectivity index (χ0v) is 59.1. The lowest BCUT2D eigenvalue weighted by Crippen LogP contribution is -2.41. The average molecular weight is 1590 g/mol. The van der Waals surface area contributed by atoms with Crippen LogP contribution < -0.4 is 28.7 Å². The summed E-state index contributed by atoms with van der Waals surface area (Å²) in [5.41, 5.74) is 24.2. The number of hydrogen-bond acceptors (Lipinski definition) is 28. The summed E-state index contributed by atoms with van der Waals surface area (Å²) in [6.07, 6.45) is 27.9. The molecule has 0 aliphatic carbocycles. The molecule has 10 aromatic heterocycles. The third-order valence-corrected chi connectivity index (χ3v) is 19.3. The van der Waals surface area contributed by atoms with E-state index in [0.29, 0.717) is 80.2 Å². The smallest absolute Gasteiger partial charge is 0.226 e. The van der Waals surface area contributed by atoms with Crippen molar-refractivity contribution in [3.63, 3.8) is 0 Å². The van der Waals surface area contributed by atoms with E-state index in [-0.39, 0.29) is 103 Å². The van der Waals surface area contributed by atoms with Gasteiger partial charge in [-0.3, -0.25) is 4.79 Å². The first-order valence-electron chi connectivity index (χ1n) is 32.6. The van der Waals surface area contributed by atoms with Crippen molar-refractivity contribution < 1.29 is 67.0 Å². The van der Waals surface area contributed by atoms with E-state index < -0.39 is 103 Å². The van der Waals surface area contributed by atoms with Crippen LogP contribution in [0.15, 0.2) is 61.3 Å². The lowest BCUT2D eigenvalue weighted by molar-refractivity contribution is -0.128. The van der Waals surface area contributed by atoms with Gasteiger partial charge < -0.3 is 111 Å². The molecule has 108 heavy (non-hydrogen) atoms. The maximum Gasteiger partial charge on any atom is 0.226 e. The van der Waals surface area contributed by atoms with Crippen molar-refractivity contribution >= 4 is 148 Å². The molecular weight excluding hydrogens is 1510 g/mol. The van der Waals surface area contributed by atoms with Crippen LogP contribution in [0.25, 0.3) is 55.2 Å². The van der Waals surface area contributed by atoms with E-state index in [4.69, 9.17) is 145 Å². The van der Waals surface area contributed by atoms with E-state index in [0.717, 1.165) is 0 Å². The highest BCUT2D eigenvalue weighted by Crippen LogP contribution is 2.44. The Balaban J connectivity index is 0.000000172. The van der Waals surface area contributed by atoms with Gasteiger partial charge in [0.1, 0.15) is 107 Å². The number of aromatic nitrogens is 15. The third-order valence-electron chi connectivity index (χ3n) is 18.4. The highest BCUT2D eigenvalue weighted by atomic mass is 35.5. The number of Topliss-reactive ketones (excluding diaryl/α,β-unsaturated/α-hetero) is 1. The number of aliphatic hydroxyl groups is 7. The molecule has 33 nitrogen and oxygen atoms in total. The predicted molar refractivity (Wildman–Crippen MR) is 407 cm³/mol. The Morgan fingerprint density at radius 2 is 0.685 bits per heavy atom. The normalized spacial score (nSPS) is 29.0. The van der Waals surface area contributed by atoms with Crippen LogP contribution in [0.2, 0.25) is 26.4 Å². The molecular formula is C70H79Cl5N20O13. The molecule has 0 amide bonds. The fraction of sp³-hybridized carbons (Fsp3) is 0.414. The van der Waals surface area contributed by atoms with Gasteiger partial charge in [-0.25, -0.2) is 24.9 Å². The molecule has 0 unspecified atom stereocenters. The van der Waals surface area contributed by atoms with Crippen LogP contribution >= 0.6 is 58.0 Å². The summed E-state index contributed by atoms with van der Waals surface area (Å²) in [5, 5.41) is 72.1. The number of aliphatic hydroxyl groups excluding tert-OH is 5. The zero-order valence-electron chi connectivity index (χ0n) is 57.3. The summed E-state index contributed by atoms with van der Waals surface area (Å²) in [6, 6.07) is 8.62. The number of terminal acetylenes is 5. The molecule has 5 fully saturated rings. The average Bonchev–Trinajstić information content (AvgIpc) is 1.60. The fourth-order valence-electron chi connectivity index (χ4n) is 12.6. The van der Waals surface area contributed by atoms with Gasteiger partial charge >= 0.3 is 0 Å². The number of halogens is 5. The Bertz CT molecular complexity index is 5080. The molecule has 0 radical (unpaired) electrons. The SMILES string of the molecule is C.C.C.C#C[C@]1(CC)O[C@@H](n2ccc3c(N)nc(Cl)nc32)CC1=O.C#C[C@]1(CC)O[C@@H](n2ccc3c(N)nc(Cl)nc32)C[C@@H]1O.C#C[C@]1(CO)O[C@@H](n2ccc3c(N)nc(Cl)nc32)C[C@@H]1O.[2H][C@@]1(O)C[C@H](n2ccc3c(N)nc(Cl)nc32)O[C@]1(C#C)CO.[2H][C@]1(O)C[C@H](n2ccc3c(N)nc(Cl)nc32)O[C@]1(C#C)CO. The molecule has 0 saturated carbocycles. The Morgan fingerprint density at radius 3 is 0.907 bits per heavy atom. The molecule has 0 bridgehead atoms. The molecule has 15 heterocycles. The number of nitrogen functional groups attached to an aromatic ring is 5. The Labute approximate surface area is 646 Å². The second-order valence-corrected chi connectivity index (χ2v) is 25.8. The van der Waals surface area contributed by atoms with Gasteiger partial charge in [0, 0.05) is 56.7 Å². The highest BCUT2D eigenvalue weighted by Gasteiger charge is 2.52. The van der Waals surface area contributed by atoms with E-state index in [1.165, 1.54) is 0 Å². The van der Waals surface area contributed by atoms with E-state index in [1.807, 2.05) is 13.8 Å². The minimum absolute atomic E-state index is 0. The number of ether oxygens (including phenoxy) is 5. The van der Waals surface area contributed by atoms with Crippen LogP contribution in [0.4, 0.5) is 29.1 Å². The summed E-state index contributed by atoms with van der Waals surface area (Å²) in [5.74, 6) is 12.9. The van der Waals surface area contributed by atoms with Crippen molar-refractivity contribution in [2.24, 2.45) is 0 Å². The molecule has 572 valence electrons. The monoisotopic (exact) mass is 1580 g/mol. The Kier molecular flexibility index (Phi) is 24.9. The first-order chi connectivity index (χ1) is 50.7. The van der Waals surface area contributed by atoms with Gasteiger partial charge in [-0.05, 0) is 101 Å². The number of rotatable bonds is 10. The second kappa shape index (κ2) is 33.2. The van der Waals surface area contributed by atoms with Crippen molar-refractivity contribution in [2.45, 2.75) is 165 Å². The number of carbonyl (C=O) groups is 1. The number of fused-ring (bicyclic) bond motifs is 5. The van der Waals surface area contributed by atoms with Crippen LogP contribution in [0.5, 0.6) is 0 Å².